The van der Waals surface area contributed by atoms with Crippen LogP contribution < -0.4 is 10.5 Å². The number of rotatable bonds is 4. The summed E-state index contributed by atoms with van der Waals surface area (Å²) in [5, 5.41) is 0. The summed E-state index contributed by atoms with van der Waals surface area (Å²) in [6, 6.07) is 3.21. The highest BCUT2D eigenvalue weighted by molar-refractivity contribution is 7.89. The molecule has 2 rings (SSSR count). The summed E-state index contributed by atoms with van der Waals surface area (Å²) >= 11 is 0. The minimum absolute atomic E-state index is 0.0563. The van der Waals surface area contributed by atoms with Gasteiger partial charge in [-0.1, -0.05) is 6.92 Å². The van der Waals surface area contributed by atoms with Gasteiger partial charge >= 0.3 is 0 Å². The third-order valence-electron chi connectivity index (χ3n) is 3.03. The average molecular weight is 255 g/mol. The summed E-state index contributed by atoms with van der Waals surface area (Å²) in [7, 11) is -3.48. The molecule has 6 heteroatoms. The predicted octanol–water partition coefficient (Wildman–Crippen LogP) is 0.617. The molecule has 5 nitrogen and oxygen atoms in total. The fourth-order valence-corrected chi connectivity index (χ4v) is 3.56. The van der Waals surface area contributed by atoms with Crippen LogP contribution in [0, 0.1) is 5.92 Å². The van der Waals surface area contributed by atoms with Gasteiger partial charge < -0.3 is 5.73 Å². The SMILES string of the molecule is CC1CC(NS(=O)(=O)c2cccnc2CN)C1. The van der Waals surface area contributed by atoms with Crippen molar-refractivity contribution in [2.75, 3.05) is 0 Å². The Morgan fingerprint density at radius 2 is 2.24 bits per heavy atom. The number of pyridine rings is 1. The summed E-state index contributed by atoms with van der Waals surface area (Å²) in [5.41, 5.74) is 5.90. The first kappa shape index (κ1) is 12.5. The summed E-state index contributed by atoms with van der Waals surface area (Å²) in [5.74, 6) is 0.602. The smallest absolute Gasteiger partial charge is 0.242 e. The molecule has 17 heavy (non-hydrogen) atoms. The normalized spacial score (nSPS) is 24.4. The monoisotopic (exact) mass is 255 g/mol. The van der Waals surface area contributed by atoms with E-state index in [4.69, 9.17) is 5.73 Å². The first-order chi connectivity index (χ1) is 8.03. The molecule has 1 aromatic rings. The van der Waals surface area contributed by atoms with E-state index in [9.17, 15) is 8.42 Å². The molecule has 0 unspecified atom stereocenters. The number of hydrogen-bond acceptors (Lipinski definition) is 4. The Morgan fingerprint density at radius 3 is 2.82 bits per heavy atom. The highest BCUT2D eigenvalue weighted by Gasteiger charge is 2.30. The van der Waals surface area contributed by atoms with Crippen molar-refractivity contribution in [3.05, 3.63) is 24.0 Å². The van der Waals surface area contributed by atoms with Crippen molar-refractivity contribution in [3.63, 3.8) is 0 Å². The number of aromatic nitrogens is 1. The van der Waals surface area contributed by atoms with Crippen LogP contribution in [0.1, 0.15) is 25.5 Å². The van der Waals surface area contributed by atoms with E-state index >= 15 is 0 Å². The van der Waals surface area contributed by atoms with E-state index in [2.05, 4.69) is 16.6 Å². The molecule has 1 aromatic heterocycles. The zero-order valence-electron chi connectivity index (χ0n) is 9.76. The van der Waals surface area contributed by atoms with Crippen molar-refractivity contribution in [2.45, 2.75) is 37.2 Å². The van der Waals surface area contributed by atoms with Gasteiger partial charge in [0.15, 0.2) is 0 Å². The van der Waals surface area contributed by atoms with Crippen molar-refractivity contribution >= 4 is 10.0 Å². The molecule has 1 heterocycles. The molecular weight excluding hydrogens is 238 g/mol. The largest absolute Gasteiger partial charge is 0.325 e. The lowest BCUT2D eigenvalue weighted by atomic mass is 9.83. The molecule has 0 bridgehead atoms. The van der Waals surface area contributed by atoms with E-state index < -0.39 is 10.0 Å². The molecular formula is C11H17N3O2S. The van der Waals surface area contributed by atoms with Crippen LogP contribution in [0.5, 0.6) is 0 Å². The molecule has 0 radical (unpaired) electrons. The molecule has 0 saturated heterocycles. The Labute approximate surface area is 101 Å². The summed E-state index contributed by atoms with van der Waals surface area (Å²) in [6.45, 7) is 2.23. The van der Waals surface area contributed by atoms with Crippen LogP contribution >= 0.6 is 0 Å². The van der Waals surface area contributed by atoms with Crippen LogP contribution in [-0.4, -0.2) is 19.4 Å². The van der Waals surface area contributed by atoms with Crippen LogP contribution in [0.15, 0.2) is 23.2 Å². The van der Waals surface area contributed by atoms with E-state index in [0.717, 1.165) is 12.8 Å². The van der Waals surface area contributed by atoms with E-state index in [1.165, 1.54) is 0 Å². The van der Waals surface area contributed by atoms with Crippen molar-refractivity contribution in [1.29, 1.82) is 0 Å². The molecule has 0 aliphatic heterocycles. The van der Waals surface area contributed by atoms with Gasteiger partial charge in [-0.05, 0) is 30.9 Å². The second-order valence-corrected chi connectivity index (χ2v) is 6.23. The van der Waals surface area contributed by atoms with Gasteiger partial charge in [-0.3, -0.25) is 4.98 Å². The van der Waals surface area contributed by atoms with E-state index in [1.807, 2.05) is 0 Å². The van der Waals surface area contributed by atoms with Gasteiger partial charge in [0.25, 0.3) is 0 Å². The van der Waals surface area contributed by atoms with E-state index in [0.29, 0.717) is 11.6 Å². The third kappa shape index (κ3) is 2.65. The molecule has 0 amide bonds. The second kappa shape index (κ2) is 4.72. The molecule has 0 spiro atoms. The molecule has 94 valence electrons. The quantitative estimate of drug-likeness (QED) is 0.825. The zero-order valence-corrected chi connectivity index (χ0v) is 10.6. The minimum Gasteiger partial charge on any atom is -0.325 e. The Hall–Kier alpha value is -0.980. The van der Waals surface area contributed by atoms with Crippen LogP contribution in [0.25, 0.3) is 0 Å². The van der Waals surface area contributed by atoms with Crippen LogP contribution in [0.4, 0.5) is 0 Å². The summed E-state index contributed by atoms with van der Waals surface area (Å²) in [6.07, 6.45) is 3.35. The Morgan fingerprint density at radius 1 is 1.53 bits per heavy atom. The standard InChI is InChI=1S/C11H17N3O2S/c1-8-5-9(6-8)14-17(15,16)11-3-2-4-13-10(11)7-12/h2-4,8-9,14H,5-7,12H2,1H3. The van der Waals surface area contributed by atoms with Gasteiger partial charge in [0, 0.05) is 18.8 Å². The maximum absolute atomic E-state index is 12.1. The van der Waals surface area contributed by atoms with Gasteiger partial charge in [0.2, 0.25) is 10.0 Å². The predicted molar refractivity (Wildman–Crippen MR) is 64.6 cm³/mol. The fraction of sp³-hybridized carbons (Fsp3) is 0.545. The van der Waals surface area contributed by atoms with E-state index in [-0.39, 0.29) is 17.5 Å². The highest BCUT2D eigenvalue weighted by Crippen LogP contribution is 2.28. The Bertz CT molecular complexity index is 495. The van der Waals surface area contributed by atoms with Crippen LogP contribution in [0.3, 0.4) is 0 Å². The molecule has 0 atom stereocenters. The van der Waals surface area contributed by atoms with Gasteiger partial charge in [-0.2, -0.15) is 0 Å². The lowest BCUT2D eigenvalue weighted by molar-refractivity contribution is 0.270. The van der Waals surface area contributed by atoms with Gasteiger partial charge in [0.1, 0.15) is 4.90 Å². The summed E-state index contributed by atoms with van der Waals surface area (Å²) < 4.78 is 26.9. The molecule has 3 N–H and O–H groups in total. The van der Waals surface area contributed by atoms with Gasteiger partial charge in [-0.25, -0.2) is 13.1 Å². The number of hydrogen-bond donors (Lipinski definition) is 2. The van der Waals surface area contributed by atoms with Gasteiger partial charge in [-0.15, -0.1) is 0 Å². The Kier molecular flexibility index (Phi) is 3.46. The maximum Gasteiger partial charge on any atom is 0.242 e. The molecule has 1 aliphatic carbocycles. The van der Waals surface area contributed by atoms with Crippen LogP contribution in [0.2, 0.25) is 0 Å². The lowest BCUT2D eigenvalue weighted by Gasteiger charge is -2.33. The van der Waals surface area contributed by atoms with Crippen LogP contribution in [-0.2, 0) is 16.6 Å². The highest BCUT2D eigenvalue weighted by atomic mass is 32.2. The number of nitrogens with zero attached hydrogens (tertiary/aromatic N) is 1. The Balaban J connectivity index is 2.19. The second-order valence-electron chi connectivity index (χ2n) is 4.55. The molecule has 0 aromatic carbocycles. The lowest BCUT2D eigenvalue weighted by Crippen LogP contribution is -2.43. The minimum atomic E-state index is -3.48. The molecule has 1 saturated carbocycles. The first-order valence-corrected chi connectivity index (χ1v) is 7.17. The molecule has 1 fully saturated rings. The fourth-order valence-electron chi connectivity index (χ4n) is 2.10. The number of nitrogens with two attached hydrogens (primary N) is 1. The molecule has 1 aliphatic rings. The topological polar surface area (TPSA) is 85.1 Å². The third-order valence-corrected chi connectivity index (χ3v) is 4.62. The van der Waals surface area contributed by atoms with E-state index in [1.54, 1.807) is 18.3 Å². The van der Waals surface area contributed by atoms with Crippen molar-refractivity contribution < 1.29 is 8.42 Å². The number of nitrogens with one attached hydrogen (secondary N) is 1. The van der Waals surface area contributed by atoms with Crippen molar-refractivity contribution in [2.24, 2.45) is 11.7 Å². The van der Waals surface area contributed by atoms with Crippen molar-refractivity contribution in [1.82, 2.24) is 9.71 Å². The zero-order chi connectivity index (χ0) is 12.5. The van der Waals surface area contributed by atoms with Crippen molar-refractivity contribution in [3.8, 4) is 0 Å². The average Bonchev–Trinajstić information content (AvgIpc) is 2.26. The number of sulfonamides is 1. The summed E-state index contributed by atoms with van der Waals surface area (Å²) in [4.78, 5) is 4.18. The van der Waals surface area contributed by atoms with Gasteiger partial charge in [0.05, 0.1) is 5.69 Å². The maximum atomic E-state index is 12.1. The first-order valence-electron chi connectivity index (χ1n) is 5.69.